The highest BCUT2D eigenvalue weighted by molar-refractivity contribution is 5.51. The lowest BCUT2D eigenvalue weighted by atomic mass is 10.1. The van der Waals surface area contributed by atoms with Gasteiger partial charge in [-0.25, -0.2) is 9.67 Å². The van der Waals surface area contributed by atoms with E-state index < -0.39 is 24.5 Å². The van der Waals surface area contributed by atoms with Crippen LogP contribution in [0.5, 0.6) is 0 Å². The Morgan fingerprint density at radius 1 is 1.53 bits per heavy atom. The van der Waals surface area contributed by atoms with Crippen LogP contribution in [0.15, 0.2) is 12.9 Å². The average molecular weight is 242 g/mol. The van der Waals surface area contributed by atoms with Crippen LogP contribution in [0.2, 0.25) is 0 Å². The van der Waals surface area contributed by atoms with Gasteiger partial charge in [0.25, 0.3) is 0 Å². The van der Waals surface area contributed by atoms with E-state index in [0.29, 0.717) is 0 Å². The third kappa shape index (κ3) is 2.03. The first-order valence-corrected chi connectivity index (χ1v) is 5.03. The lowest BCUT2D eigenvalue weighted by Gasteiger charge is -2.13. The van der Waals surface area contributed by atoms with Crippen LogP contribution in [0.1, 0.15) is 12.1 Å². The molecule has 0 radical (unpaired) electrons. The molecule has 1 fully saturated rings. The van der Waals surface area contributed by atoms with Crippen LogP contribution in [0.3, 0.4) is 0 Å². The van der Waals surface area contributed by atoms with Gasteiger partial charge >= 0.3 is 0 Å². The molecule has 5 N–H and O–H groups in total. The smallest absolute Gasteiger partial charge is 0.196 e. The molecule has 2 heterocycles. The first-order chi connectivity index (χ1) is 8.04. The van der Waals surface area contributed by atoms with Crippen molar-refractivity contribution >= 4 is 5.70 Å². The summed E-state index contributed by atoms with van der Waals surface area (Å²) >= 11 is 0. The molecule has 0 saturated carbocycles. The maximum absolute atomic E-state index is 9.73. The molecule has 1 saturated heterocycles. The summed E-state index contributed by atoms with van der Waals surface area (Å²) in [6.07, 6.45) is -2.79. The topological polar surface area (TPSA) is 127 Å². The van der Waals surface area contributed by atoms with Crippen molar-refractivity contribution in [1.29, 1.82) is 0 Å². The molecular formula is C9H14N4O4. The second kappa shape index (κ2) is 4.41. The van der Waals surface area contributed by atoms with E-state index in [1.807, 2.05) is 0 Å². The Kier molecular flexibility index (Phi) is 3.11. The summed E-state index contributed by atoms with van der Waals surface area (Å²) in [7, 11) is 0. The van der Waals surface area contributed by atoms with Gasteiger partial charge in [-0.2, -0.15) is 0 Å². The van der Waals surface area contributed by atoms with Crippen LogP contribution >= 0.6 is 0 Å². The Morgan fingerprint density at radius 2 is 2.24 bits per heavy atom. The Bertz CT molecular complexity index is 421. The molecule has 0 amide bonds. The molecule has 8 heteroatoms. The minimum absolute atomic E-state index is 0.190. The third-order valence-corrected chi connectivity index (χ3v) is 2.57. The fourth-order valence-corrected chi connectivity index (χ4v) is 1.64. The van der Waals surface area contributed by atoms with Crippen molar-refractivity contribution in [3.8, 4) is 0 Å². The standard InChI is InChI=1S/C9H14N4O4/c1-4(10)8-11-3-13(12-8)9-7(16)6(15)5(2-14)17-9/h3,5-7,9,14-16H,1-2,10H2/t5-,6+,7?,9-/m1/s1. The predicted octanol–water partition coefficient (Wildman–Crippen LogP) is -2.18. The van der Waals surface area contributed by atoms with Gasteiger partial charge in [0.05, 0.1) is 12.3 Å². The summed E-state index contributed by atoms with van der Waals surface area (Å²) in [6, 6.07) is 0. The lowest BCUT2D eigenvalue weighted by molar-refractivity contribution is -0.0588. The number of hydrogen-bond donors (Lipinski definition) is 4. The zero-order chi connectivity index (χ0) is 12.6. The molecule has 94 valence electrons. The third-order valence-electron chi connectivity index (χ3n) is 2.57. The van der Waals surface area contributed by atoms with E-state index in [2.05, 4.69) is 16.7 Å². The average Bonchev–Trinajstić information content (AvgIpc) is 2.87. The minimum Gasteiger partial charge on any atom is -0.396 e. The number of rotatable bonds is 3. The van der Waals surface area contributed by atoms with Crippen molar-refractivity contribution < 1.29 is 20.1 Å². The zero-order valence-corrected chi connectivity index (χ0v) is 8.97. The van der Waals surface area contributed by atoms with Gasteiger partial charge in [0, 0.05) is 0 Å². The zero-order valence-electron chi connectivity index (χ0n) is 8.97. The summed E-state index contributed by atoms with van der Waals surface area (Å²) < 4.78 is 6.49. The highest BCUT2D eigenvalue weighted by Crippen LogP contribution is 2.28. The highest BCUT2D eigenvalue weighted by atomic mass is 16.6. The molecule has 1 unspecified atom stereocenters. The number of nitrogens with two attached hydrogens (primary N) is 1. The van der Waals surface area contributed by atoms with Gasteiger partial charge in [-0.3, -0.25) is 0 Å². The fourth-order valence-electron chi connectivity index (χ4n) is 1.64. The van der Waals surface area contributed by atoms with E-state index in [9.17, 15) is 10.2 Å². The predicted molar refractivity (Wildman–Crippen MR) is 56.3 cm³/mol. The molecule has 1 aromatic heterocycles. The Morgan fingerprint density at radius 3 is 2.71 bits per heavy atom. The van der Waals surface area contributed by atoms with E-state index in [1.165, 1.54) is 11.0 Å². The van der Waals surface area contributed by atoms with Crippen molar-refractivity contribution in [3.05, 3.63) is 18.7 Å². The number of aromatic nitrogens is 3. The van der Waals surface area contributed by atoms with Crippen molar-refractivity contribution in [2.75, 3.05) is 6.61 Å². The molecule has 1 aromatic rings. The van der Waals surface area contributed by atoms with Crippen LogP contribution in [0.4, 0.5) is 0 Å². The fraction of sp³-hybridized carbons (Fsp3) is 0.556. The van der Waals surface area contributed by atoms with Gasteiger partial charge in [0.2, 0.25) is 0 Å². The van der Waals surface area contributed by atoms with Gasteiger partial charge in [-0.05, 0) is 0 Å². The molecule has 0 spiro atoms. The van der Waals surface area contributed by atoms with Crippen LogP contribution in [0.25, 0.3) is 5.70 Å². The van der Waals surface area contributed by atoms with E-state index in [0.717, 1.165) is 0 Å². The summed E-state index contributed by atoms with van der Waals surface area (Å²) in [4.78, 5) is 3.86. The molecule has 0 aliphatic carbocycles. The Labute approximate surface area is 97.0 Å². The van der Waals surface area contributed by atoms with E-state index >= 15 is 0 Å². The summed E-state index contributed by atoms with van der Waals surface area (Å²) in [5.41, 5.74) is 5.61. The number of aliphatic hydroxyl groups is 3. The first kappa shape index (κ1) is 12.0. The molecule has 2 rings (SSSR count). The van der Waals surface area contributed by atoms with Gasteiger partial charge in [0.15, 0.2) is 12.1 Å². The van der Waals surface area contributed by atoms with Crippen molar-refractivity contribution in [2.24, 2.45) is 5.73 Å². The quantitative estimate of drug-likeness (QED) is 0.474. The normalized spacial score (nSPS) is 32.9. The second-order valence-electron chi connectivity index (χ2n) is 3.80. The second-order valence-corrected chi connectivity index (χ2v) is 3.80. The maximum Gasteiger partial charge on any atom is 0.196 e. The number of hydrogen-bond acceptors (Lipinski definition) is 7. The maximum atomic E-state index is 9.73. The van der Waals surface area contributed by atoms with Crippen molar-refractivity contribution in [3.63, 3.8) is 0 Å². The lowest BCUT2D eigenvalue weighted by Crippen LogP contribution is -2.33. The van der Waals surface area contributed by atoms with E-state index in [4.69, 9.17) is 15.6 Å². The first-order valence-electron chi connectivity index (χ1n) is 5.03. The van der Waals surface area contributed by atoms with Gasteiger partial charge in [-0.15, -0.1) is 5.10 Å². The monoisotopic (exact) mass is 242 g/mol. The van der Waals surface area contributed by atoms with Gasteiger partial charge < -0.3 is 25.8 Å². The van der Waals surface area contributed by atoms with Crippen molar-refractivity contribution in [1.82, 2.24) is 14.8 Å². The molecule has 8 nitrogen and oxygen atoms in total. The summed E-state index contributed by atoms with van der Waals surface area (Å²) in [5, 5.41) is 32.2. The van der Waals surface area contributed by atoms with Crippen LogP contribution < -0.4 is 5.73 Å². The molecule has 1 aliphatic heterocycles. The van der Waals surface area contributed by atoms with E-state index in [-0.39, 0.29) is 18.1 Å². The van der Waals surface area contributed by atoms with Crippen LogP contribution in [0, 0.1) is 0 Å². The Balaban J connectivity index is 2.19. The summed E-state index contributed by atoms with van der Waals surface area (Å²) in [5.74, 6) is 0.225. The minimum atomic E-state index is -1.19. The molecule has 0 aromatic carbocycles. The highest BCUT2D eigenvalue weighted by Gasteiger charge is 2.43. The molecule has 17 heavy (non-hydrogen) atoms. The molecular weight excluding hydrogens is 228 g/mol. The number of aliphatic hydroxyl groups excluding tert-OH is 3. The van der Waals surface area contributed by atoms with E-state index in [1.54, 1.807) is 0 Å². The van der Waals surface area contributed by atoms with Gasteiger partial charge in [0.1, 0.15) is 24.6 Å². The number of nitrogens with zero attached hydrogens (tertiary/aromatic N) is 3. The largest absolute Gasteiger partial charge is 0.396 e. The van der Waals surface area contributed by atoms with Crippen LogP contribution in [-0.2, 0) is 4.74 Å². The molecule has 0 bridgehead atoms. The summed E-state index contributed by atoms with van der Waals surface area (Å²) in [6.45, 7) is 3.09. The van der Waals surface area contributed by atoms with Crippen molar-refractivity contribution in [2.45, 2.75) is 24.5 Å². The number of ether oxygens (including phenoxy) is 1. The Hall–Kier alpha value is -1.48. The van der Waals surface area contributed by atoms with Crippen LogP contribution in [-0.4, -0.2) is 55.0 Å². The molecule has 4 atom stereocenters. The SMILES string of the molecule is C=C(N)c1ncn([C@@H]2O[C@H](CO)[C@H](O)C2O)n1. The van der Waals surface area contributed by atoms with Gasteiger partial charge in [-0.1, -0.05) is 6.58 Å². The molecule has 1 aliphatic rings.